The highest BCUT2D eigenvalue weighted by Gasteiger charge is 2.14. The summed E-state index contributed by atoms with van der Waals surface area (Å²) in [7, 11) is 0. The molecule has 1 aliphatic rings. The molecule has 3 rings (SSSR count). The van der Waals surface area contributed by atoms with E-state index < -0.39 is 0 Å². The molecule has 2 heterocycles. The van der Waals surface area contributed by atoms with E-state index in [0.717, 1.165) is 49.9 Å². The van der Waals surface area contributed by atoms with Gasteiger partial charge in [0.2, 0.25) is 5.91 Å². The maximum atomic E-state index is 12.2. The molecule has 0 saturated carbocycles. The molecule has 0 radical (unpaired) electrons. The van der Waals surface area contributed by atoms with E-state index in [0.29, 0.717) is 19.4 Å². The summed E-state index contributed by atoms with van der Waals surface area (Å²) in [5.74, 6) is 0.845. The number of amides is 1. The summed E-state index contributed by atoms with van der Waals surface area (Å²) in [6, 6.07) is 8.30. The molecule has 1 fully saturated rings. The van der Waals surface area contributed by atoms with Crippen molar-refractivity contribution in [2.45, 2.75) is 39.8 Å². The summed E-state index contributed by atoms with van der Waals surface area (Å²) >= 11 is 0. The van der Waals surface area contributed by atoms with Crippen molar-refractivity contribution in [2.24, 2.45) is 0 Å². The van der Waals surface area contributed by atoms with Crippen LogP contribution in [0.15, 0.2) is 28.8 Å². The summed E-state index contributed by atoms with van der Waals surface area (Å²) < 4.78 is 10.6. The number of hydrogen-bond acceptors (Lipinski definition) is 5. The van der Waals surface area contributed by atoms with Crippen molar-refractivity contribution in [2.75, 3.05) is 26.3 Å². The number of rotatable bonds is 7. The molecule has 6 heteroatoms. The molecule has 0 unspecified atom stereocenters. The maximum Gasteiger partial charge on any atom is 0.220 e. The van der Waals surface area contributed by atoms with Crippen molar-refractivity contribution < 1.29 is 14.1 Å². The zero-order valence-corrected chi connectivity index (χ0v) is 15.6. The number of nitrogens with zero attached hydrogens (tertiary/aromatic N) is 2. The lowest BCUT2D eigenvalue weighted by atomic mass is 10.1. The van der Waals surface area contributed by atoms with Crippen LogP contribution in [0.5, 0.6) is 0 Å². The van der Waals surface area contributed by atoms with Crippen molar-refractivity contribution in [3.05, 3.63) is 52.4 Å². The van der Waals surface area contributed by atoms with E-state index in [2.05, 4.69) is 33.6 Å². The van der Waals surface area contributed by atoms with Crippen LogP contribution in [0, 0.1) is 13.8 Å². The predicted molar refractivity (Wildman–Crippen MR) is 98.7 cm³/mol. The Labute approximate surface area is 154 Å². The lowest BCUT2D eigenvalue weighted by molar-refractivity contribution is -0.121. The summed E-state index contributed by atoms with van der Waals surface area (Å²) in [5.41, 5.74) is 4.34. The molecule has 1 N–H and O–H groups in total. The van der Waals surface area contributed by atoms with E-state index in [-0.39, 0.29) is 5.91 Å². The largest absolute Gasteiger partial charge is 0.379 e. The Balaban J connectivity index is 1.51. The van der Waals surface area contributed by atoms with Crippen molar-refractivity contribution in [3.63, 3.8) is 0 Å². The predicted octanol–water partition coefficient (Wildman–Crippen LogP) is 2.37. The van der Waals surface area contributed by atoms with Crippen molar-refractivity contribution in [3.8, 4) is 0 Å². The first-order valence-electron chi connectivity index (χ1n) is 9.19. The van der Waals surface area contributed by atoms with Gasteiger partial charge in [0, 0.05) is 38.2 Å². The first-order valence-corrected chi connectivity index (χ1v) is 9.19. The lowest BCUT2D eigenvalue weighted by Gasteiger charge is -2.27. The average Bonchev–Trinajstić information content (AvgIpc) is 2.98. The highest BCUT2D eigenvalue weighted by atomic mass is 16.5. The topological polar surface area (TPSA) is 67.6 Å². The van der Waals surface area contributed by atoms with Gasteiger partial charge in [-0.15, -0.1) is 0 Å². The van der Waals surface area contributed by atoms with Crippen LogP contribution in [0.4, 0.5) is 0 Å². The third-order valence-corrected chi connectivity index (χ3v) is 4.88. The van der Waals surface area contributed by atoms with Crippen LogP contribution in [0.2, 0.25) is 0 Å². The molecule has 0 aliphatic carbocycles. The van der Waals surface area contributed by atoms with E-state index in [4.69, 9.17) is 9.26 Å². The first-order chi connectivity index (χ1) is 12.6. The van der Waals surface area contributed by atoms with Gasteiger partial charge in [0.15, 0.2) is 0 Å². The van der Waals surface area contributed by atoms with Gasteiger partial charge in [0.05, 0.1) is 18.9 Å². The van der Waals surface area contributed by atoms with Crippen molar-refractivity contribution in [1.82, 2.24) is 15.4 Å². The Hall–Kier alpha value is -2.18. The van der Waals surface area contributed by atoms with Gasteiger partial charge in [0.25, 0.3) is 0 Å². The molecule has 0 atom stereocenters. The van der Waals surface area contributed by atoms with Crippen LogP contribution in [-0.2, 0) is 29.0 Å². The quantitative estimate of drug-likeness (QED) is 0.824. The molecule has 140 valence electrons. The van der Waals surface area contributed by atoms with Crippen LogP contribution < -0.4 is 5.32 Å². The minimum Gasteiger partial charge on any atom is -0.379 e. The molecular formula is C20H27N3O3. The number of carbonyl (C=O) groups excluding carboxylic acids is 1. The van der Waals surface area contributed by atoms with E-state index >= 15 is 0 Å². The second-order valence-electron chi connectivity index (χ2n) is 6.74. The third-order valence-electron chi connectivity index (χ3n) is 4.88. The highest BCUT2D eigenvalue weighted by molar-refractivity contribution is 5.76. The molecule has 0 bridgehead atoms. The fraction of sp³-hybridized carbons (Fsp3) is 0.500. The van der Waals surface area contributed by atoms with Gasteiger partial charge in [-0.1, -0.05) is 29.4 Å². The van der Waals surface area contributed by atoms with Crippen molar-refractivity contribution >= 4 is 5.91 Å². The highest BCUT2D eigenvalue weighted by Crippen LogP contribution is 2.15. The number of carbonyl (C=O) groups is 1. The van der Waals surface area contributed by atoms with Gasteiger partial charge in [-0.05, 0) is 31.4 Å². The Kier molecular flexibility index (Phi) is 6.41. The molecular weight excluding hydrogens is 330 g/mol. The molecule has 2 aromatic rings. The van der Waals surface area contributed by atoms with Gasteiger partial charge in [-0.2, -0.15) is 0 Å². The number of ether oxygens (including phenoxy) is 1. The minimum absolute atomic E-state index is 0.0474. The van der Waals surface area contributed by atoms with E-state index in [9.17, 15) is 4.79 Å². The Morgan fingerprint density at radius 3 is 2.62 bits per heavy atom. The molecule has 26 heavy (non-hydrogen) atoms. The number of morpholine rings is 1. The average molecular weight is 357 g/mol. The van der Waals surface area contributed by atoms with Crippen LogP contribution >= 0.6 is 0 Å². The third kappa shape index (κ3) is 4.93. The SMILES string of the molecule is Cc1noc(C)c1CCC(=O)NCc1ccccc1CN1CCOCC1. The number of aromatic nitrogens is 1. The van der Waals surface area contributed by atoms with Gasteiger partial charge >= 0.3 is 0 Å². The van der Waals surface area contributed by atoms with Gasteiger partial charge in [-0.3, -0.25) is 9.69 Å². The monoisotopic (exact) mass is 357 g/mol. The standard InChI is InChI=1S/C20H27N3O3/c1-15-19(16(2)26-22-15)7-8-20(24)21-13-17-5-3-4-6-18(17)14-23-9-11-25-12-10-23/h3-6H,7-14H2,1-2H3,(H,21,24). The molecule has 1 aromatic carbocycles. The maximum absolute atomic E-state index is 12.2. The van der Waals surface area contributed by atoms with Gasteiger partial charge in [-0.25, -0.2) is 0 Å². The van der Waals surface area contributed by atoms with Crippen LogP contribution in [-0.4, -0.2) is 42.3 Å². The summed E-state index contributed by atoms with van der Waals surface area (Å²) in [4.78, 5) is 14.6. The number of hydrogen-bond donors (Lipinski definition) is 1. The second-order valence-corrected chi connectivity index (χ2v) is 6.74. The zero-order chi connectivity index (χ0) is 18.4. The molecule has 1 saturated heterocycles. The number of nitrogens with one attached hydrogen (secondary N) is 1. The van der Waals surface area contributed by atoms with E-state index in [1.165, 1.54) is 11.1 Å². The zero-order valence-electron chi connectivity index (χ0n) is 15.6. The van der Waals surface area contributed by atoms with Gasteiger partial charge in [0.1, 0.15) is 5.76 Å². The number of benzene rings is 1. The fourth-order valence-electron chi connectivity index (χ4n) is 3.26. The fourth-order valence-corrected chi connectivity index (χ4v) is 3.26. The molecule has 1 amide bonds. The normalized spacial score (nSPS) is 15.2. The van der Waals surface area contributed by atoms with E-state index in [1.54, 1.807) is 0 Å². The van der Waals surface area contributed by atoms with Crippen LogP contribution in [0.3, 0.4) is 0 Å². The molecule has 6 nitrogen and oxygen atoms in total. The summed E-state index contributed by atoms with van der Waals surface area (Å²) in [6.45, 7) is 8.74. The lowest BCUT2D eigenvalue weighted by Crippen LogP contribution is -2.36. The smallest absolute Gasteiger partial charge is 0.220 e. The Morgan fingerprint density at radius 1 is 1.19 bits per heavy atom. The first kappa shape index (κ1) is 18.6. The number of aryl methyl sites for hydroxylation is 2. The Morgan fingerprint density at radius 2 is 1.92 bits per heavy atom. The second kappa shape index (κ2) is 8.96. The minimum atomic E-state index is 0.0474. The van der Waals surface area contributed by atoms with Crippen molar-refractivity contribution in [1.29, 1.82) is 0 Å². The molecule has 1 aromatic heterocycles. The van der Waals surface area contributed by atoms with Crippen LogP contribution in [0.25, 0.3) is 0 Å². The van der Waals surface area contributed by atoms with E-state index in [1.807, 2.05) is 19.9 Å². The van der Waals surface area contributed by atoms with Gasteiger partial charge < -0.3 is 14.6 Å². The Bertz CT molecular complexity index is 716. The summed E-state index contributed by atoms with van der Waals surface area (Å²) in [6.07, 6.45) is 1.09. The molecule has 1 aliphatic heterocycles. The molecule has 0 spiro atoms. The summed E-state index contributed by atoms with van der Waals surface area (Å²) in [5, 5.41) is 6.98. The van der Waals surface area contributed by atoms with Crippen LogP contribution in [0.1, 0.15) is 34.6 Å².